The minimum absolute atomic E-state index is 0.136. The number of aromatic hydroxyl groups is 1. The van der Waals surface area contributed by atoms with Gasteiger partial charge in [-0.25, -0.2) is 0 Å². The molecule has 144 valence electrons. The Labute approximate surface area is 157 Å². The number of rotatable bonds is 6. The summed E-state index contributed by atoms with van der Waals surface area (Å²) in [6.07, 6.45) is 4.23. The van der Waals surface area contributed by atoms with Crippen molar-refractivity contribution in [2.24, 2.45) is 16.7 Å². The van der Waals surface area contributed by atoms with Crippen LogP contribution < -0.4 is 0 Å². The van der Waals surface area contributed by atoms with Gasteiger partial charge in [0, 0.05) is 0 Å². The predicted molar refractivity (Wildman–Crippen MR) is 112 cm³/mol. The van der Waals surface area contributed by atoms with Crippen molar-refractivity contribution >= 4 is 0 Å². The molecule has 25 heavy (non-hydrogen) atoms. The Morgan fingerprint density at radius 1 is 0.800 bits per heavy atom. The van der Waals surface area contributed by atoms with Gasteiger partial charge in [-0.3, -0.25) is 0 Å². The molecule has 0 aliphatic carbocycles. The van der Waals surface area contributed by atoms with Crippen LogP contribution in [-0.2, 0) is 18.3 Å². The van der Waals surface area contributed by atoms with Crippen LogP contribution in [0.25, 0.3) is 0 Å². The highest BCUT2D eigenvalue weighted by molar-refractivity contribution is 5.46. The van der Waals surface area contributed by atoms with Crippen LogP contribution in [0, 0.1) is 16.7 Å². The van der Waals surface area contributed by atoms with Crippen molar-refractivity contribution in [2.45, 2.75) is 100 Å². The maximum absolute atomic E-state index is 10.9. The molecule has 0 aliphatic rings. The van der Waals surface area contributed by atoms with Crippen molar-refractivity contribution in [3.05, 3.63) is 28.8 Å². The second kappa shape index (κ2) is 7.72. The topological polar surface area (TPSA) is 20.2 Å². The molecule has 1 nitrogen and oxygen atoms in total. The lowest BCUT2D eigenvalue weighted by molar-refractivity contribution is 0.374. The van der Waals surface area contributed by atoms with Crippen molar-refractivity contribution < 1.29 is 5.11 Å². The Morgan fingerprint density at radius 3 is 1.52 bits per heavy atom. The second-order valence-electron chi connectivity index (χ2n) is 11.4. The summed E-state index contributed by atoms with van der Waals surface area (Å²) < 4.78 is 0. The fourth-order valence-electron chi connectivity index (χ4n) is 3.36. The molecule has 0 radical (unpaired) electrons. The maximum Gasteiger partial charge on any atom is 0.122 e. The molecule has 0 aliphatic heterocycles. The maximum atomic E-state index is 10.9. The smallest absolute Gasteiger partial charge is 0.122 e. The van der Waals surface area contributed by atoms with Gasteiger partial charge in [-0.2, -0.15) is 0 Å². The van der Waals surface area contributed by atoms with Crippen LogP contribution in [-0.4, -0.2) is 5.11 Å². The van der Waals surface area contributed by atoms with Crippen LogP contribution >= 0.6 is 0 Å². The zero-order valence-corrected chi connectivity index (χ0v) is 18.5. The Hall–Kier alpha value is -0.980. The SMILES string of the molecule is CC(C)CCC(C)(C)c1cc(CC(C)(C)C)c(O)c(CC(C)(C)C)c1. The highest BCUT2D eigenvalue weighted by Gasteiger charge is 2.26. The lowest BCUT2D eigenvalue weighted by Crippen LogP contribution is -2.20. The summed E-state index contributed by atoms with van der Waals surface area (Å²) in [4.78, 5) is 0. The summed E-state index contributed by atoms with van der Waals surface area (Å²) in [5, 5.41) is 10.9. The van der Waals surface area contributed by atoms with E-state index >= 15 is 0 Å². The first kappa shape index (κ1) is 22.1. The molecule has 0 aromatic heterocycles. The summed E-state index contributed by atoms with van der Waals surface area (Å²) in [5.74, 6) is 1.24. The van der Waals surface area contributed by atoms with Gasteiger partial charge in [0.25, 0.3) is 0 Å². The molecule has 1 aromatic rings. The van der Waals surface area contributed by atoms with Crippen molar-refractivity contribution in [3.63, 3.8) is 0 Å². The Balaban J connectivity index is 3.37. The summed E-state index contributed by atoms with van der Waals surface area (Å²) in [5.41, 5.74) is 4.07. The van der Waals surface area contributed by atoms with Crippen molar-refractivity contribution in [3.8, 4) is 5.75 Å². The van der Waals surface area contributed by atoms with Gasteiger partial charge < -0.3 is 5.11 Å². The molecule has 1 aromatic carbocycles. The van der Waals surface area contributed by atoms with E-state index in [1.807, 2.05) is 0 Å². The van der Waals surface area contributed by atoms with Crippen LogP contribution in [0.3, 0.4) is 0 Å². The Kier molecular flexibility index (Phi) is 6.81. The summed E-state index contributed by atoms with van der Waals surface area (Å²) in [7, 11) is 0. The lowest BCUT2D eigenvalue weighted by Gasteiger charge is -2.30. The van der Waals surface area contributed by atoms with Gasteiger partial charge in [0.05, 0.1) is 0 Å². The first-order chi connectivity index (χ1) is 11.1. The van der Waals surface area contributed by atoms with Gasteiger partial charge in [0.2, 0.25) is 0 Å². The third kappa shape index (κ3) is 7.42. The zero-order chi connectivity index (χ0) is 19.6. The number of hydrogen-bond acceptors (Lipinski definition) is 1. The van der Waals surface area contributed by atoms with Crippen LogP contribution in [0.4, 0.5) is 0 Å². The van der Waals surface area contributed by atoms with E-state index in [2.05, 4.69) is 81.4 Å². The monoisotopic (exact) mass is 346 g/mol. The molecule has 0 atom stereocenters. The van der Waals surface area contributed by atoms with E-state index in [0.717, 1.165) is 29.9 Å². The highest BCUT2D eigenvalue weighted by Crippen LogP contribution is 2.39. The molecular weight excluding hydrogens is 304 g/mol. The van der Waals surface area contributed by atoms with Crippen LogP contribution in [0.15, 0.2) is 12.1 Å². The van der Waals surface area contributed by atoms with Crippen LogP contribution in [0.1, 0.15) is 98.8 Å². The van der Waals surface area contributed by atoms with E-state index in [-0.39, 0.29) is 16.2 Å². The molecule has 0 spiro atoms. The molecule has 0 saturated heterocycles. The molecule has 1 N–H and O–H groups in total. The Bertz CT molecular complexity index is 528. The lowest BCUT2D eigenvalue weighted by atomic mass is 9.75. The fourth-order valence-corrected chi connectivity index (χ4v) is 3.36. The molecule has 1 heteroatoms. The first-order valence-corrected chi connectivity index (χ1v) is 9.96. The van der Waals surface area contributed by atoms with Crippen molar-refractivity contribution in [2.75, 3.05) is 0 Å². The van der Waals surface area contributed by atoms with E-state index in [4.69, 9.17) is 0 Å². The van der Waals surface area contributed by atoms with Gasteiger partial charge in [-0.05, 0) is 58.1 Å². The molecule has 0 saturated carbocycles. The number of hydrogen-bond donors (Lipinski definition) is 1. The molecule has 0 fully saturated rings. The zero-order valence-electron chi connectivity index (χ0n) is 18.5. The molecule has 1 rings (SSSR count). The number of phenols is 1. The normalized spacial score (nSPS) is 13.6. The molecule has 0 bridgehead atoms. The highest BCUT2D eigenvalue weighted by atomic mass is 16.3. The average molecular weight is 347 g/mol. The van der Waals surface area contributed by atoms with Crippen molar-refractivity contribution in [1.82, 2.24) is 0 Å². The Morgan fingerprint density at radius 2 is 1.20 bits per heavy atom. The van der Waals surface area contributed by atoms with E-state index in [9.17, 15) is 5.11 Å². The van der Waals surface area contributed by atoms with E-state index in [0.29, 0.717) is 5.75 Å². The second-order valence-corrected chi connectivity index (χ2v) is 11.4. The molecule has 0 heterocycles. The molecular formula is C24H42O. The first-order valence-electron chi connectivity index (χ1n) is 9.96. The van der Waals surface area contributed by atoms with E-state index in [1.54, 1.807) is 0 Å². The largest absolute Gasteiger partial charge is 0.507 e. The minimum atomic E-state index is 0.136. The van der Waals surface area contributed by atoms with Gasteiger partial charge in [-0.1, -0.05) is 87.8 Å². The standard InChI is InChI=1S/C24H42O/c1-17(2)11-12-24(9,10)20-13-18(15-22(3,4)5)21(25)19(14-20)16-23(6,7)8/h13-14,17,25H,11-12,15-16H2,1-10H3. The summed E-state index contributed by atoms with van der Waals surface area (Å²) in [6.45, 7) is 22.7. The third-order valence-electron chi connectivity index (χ3n) is 4.84. The van der Waals surface area contributed by atoms with E-state index in [1.165, 1.54) is 18.4 Å². The quantitative estimate of drug-likeness (QED) is 0.573. The predicted octanol–water partition coefficient (Wildman–Crippen LogP) is 7.28. The van der Waals surface area contributed by atoms with Gasteiger partial charge in [0.15, 0.2) is 0 Å². The van der Waals surface area contributed by atoms with Gasteiger partial charge in [0.1, 0.15) is 5.75 Å². The minimum Gasteiger partial charge on any atom is -0.507 e. The van der Waals surface area contributed by atoms with Crippen molar-refractivity contribution in [1.29, 1.82) is 0 Å². The van der Waals surface area contributed by atoms with Crippen LogP contribution in [0.5, 0.6) is 5.75 Å². The number of benzene rings is 1. The molecule has 0 amide bonds. The fraction of sp³-hybridized carbons (Fsp3) is 0.750. The third-order valence-corrected chi connectivity index (χ3v) is 4.84. The summed E-state index contributed by atoms with van der Waals surface area (Å²) >= 11 is 0. The van der Waals surface area contributed by atoms with E-state index < -0.39 is 0 Å². The average Bonchev–Trinajstić information content (AvgIpc) is 2.37. The molecule has 0 unspecified atom stereocenters. The van der Waals surface area contributed by atoms with Gasteiger partial charge in [-0.15, -0.1) is 0 Å². The summed E-state index contributed by atoms with van der Waals surface area (Å²) in [6, 6.07) is 4.54. The number of phenolic OH excluding ortho intramolecular Hbond substituents is 1. The van der Waals surface area contributed by atoms with Gasteiger partial charge >= 0.3 is 0 Å². The van der Waals surface area contributed by atoms with Crippen LogP contribution in [0.2, 0.25) is 0 Å².